The zero-order valence-corrected chi connectivity index (χ0v) is 38.4. The third-order valence-electron chi connectivity index (χ3n) is 14.3. The Bertz CT molecular complexity index is 3340. The van der Waals surface area contributed by atoms with Gasteiger partial charge in [0.05, 0.1) is 27.0 Å². The van der Waals surface area contributed by atoms with Crippen LogP contribution in [-0.2, 0) is 16.2 Å². The van der Waals surface area contributed by atoms with E-state index in [0.717, 1.165) is 38.6 Å². The van der Waals surface area contributed by atoms with Gasteiger partial charge in [-0.1, -0.05) is 170 Å². The lowest BCUT2D eigenvalue weighted by Crippen LogP contribution is -2.27. The van der Waals surface area contributed by atoms with Gasteiger partial charge in [-0.25, -0.2) is 4.98 Å². The van der Waals surface area contributed by atoms with Crippen LogP contribution in [0.2, 0.25) is 0 Å². The van der Waals surface area contributed by atoms with Crippen molar-refractivity contribution >= 4 is 33.0 Å². The van der Waals surface area contributed by atoms with E-state index in [-0.39, 0.29) is 16.7 Å². The molecule has 1 atom stereocenters. The summed E-state index contributed by atoms with van der Waals surface area (Å²) in [7, 11) is 0. The molecule has 2 heterocycles. The van der Waals surface area contributed by atoms with Gasteiger partial charge in [0.2, 0.25) is 0 Å². The highest BCUT2D eigenvalue weighted by Gasteiger charge is 2.52. The molecule has 9 aromatic rings. The van der Waals surface area contributed by atoms with Gasteiger partial charge in [0.1, 0.15) is 5.01 Å². The normalized spacial score (nSPS) is 15.5. The lowest BCUT2D eigenvalue weighted by atomic mass is 9.68. The minimum absolute atomic E-state index is 0.00138. The fraction of sp³-hybridized carbons (Fsp3) is 0.180. The highest BCUT2D eigenvalue weighted by atomic mass is 32.1. The monoisotopic (exact) mass is 842 g/mol. The molecule has 1 aliphatic heterocycles. The minimum Gasteiger partial charge on any atom is -0.252 e. The average molecular weight is 843 g/mol. The molecule has 3 heteroatoms. The van der Waals surface area contributed by atoms with Crippen LogP contribution in [0, 0.1) is 0 Å². The van der Waals surface area contributed by atoms with Gasteiger partial charge in [0.25, 0.3) is 0 Å². The molecule has 12 rings (SSSR count). The third kappa shape index (κ3) is 5.83. The van der Waals surface area contributed by atoms with Crippen molar-refractivity contribution in [1.29, 1.82) is 0 Å². The van der Waals surface area contributed by atoms with E-state index in [4.69, 9.17) is 9.98 Å². The average Bonchev–Trinajstić information content (AvgIpc) is 4.05. The van der Waals surface area contributed by atoms with E-state index < -0.39 is 5.41 Å². The van der Waals surface area contributed by atoms with Gasteiger partial charge in [-0.3, -0.25) is 4.99 Å². The lowest BCUT2D eigenvalue weighted by molar-refractivity contribution is 0.586. The molecule has 0 saturated carbocycles. The Labute approximate surface area is 381 Å². The SMILES string of the molecule is CC1C(c2cc(-c3cccc(-c4ccc5c(c4)C4(c6ccccc6-5)c5cc(C(C)(C)C)ccc5-c5ccc(C(C)(C)C)cc54)c3)cc(-c3nc4ccccc4s3)c2)=Nc2ccccc21. The largest absolute Gasteiger partial charge is 0.252 e. The van der Waals surface area contributed by atoms with E-state index in [0.29, 0.717) is 0 Å². The first-order valence-electron chi connectivity index (χ1n) is 22.7. The molecule has 0 amide bonds. The summed E-state index contributed by atoms with van der Waals surface area (Å²) in [5.74, 6) is 0.189. The van der Waals surface area contributed by atoms with Crippen molar-refractivity contribution in [2.45, 2.75) is 70.6 Å². The molecule has 310 valence electrons. The van der Waals surface area contributed by atoms with Crippen LogP contribution >= 0.6 is 11.3 Å². The topological polar surface area (TPSA) is 25.2 Å². The molecule has 0 saturated heterocycles. The Morgan fingerprint density at radius 2 is 1.00 bits per heavy atom. The molecule has 1 aromatic heterocycles. The zero-order valence-electron chi connectivity index (χ0n) is 37.5. The number of aliphatic imine (C=N–C) groups is 1. The minimum atomic E-state index is -0.455. The van der Waals surface area contributed by atoms with Crippen molar-refractivity contribution < 1.29 is 0 Å². The summed E-state index contributed by atoms with van der Waals surface area (Å²) in [5.41, 5.74) is 24.6. The van der Waals surface area contributed by atoms with Crippen LogP contribution in [0.3, 0.4) is 0 Å². The Morgan fingerprint density at radius 1 is 0.453 bits per heavy atom. The van der Waals surface area contributed by atoms with E-state index >= 15 is 0 Å². The van der Waals surface area contributed by atoms with E-state index in [1.165, 1.54) is 82.6 Å². The predicted octanol–water partition coefficient (Wildman–Crippen LogP) is 16.5. The number of fused-ring (bicyclic) bond motifs is 12. The van der Waals surface area contributed by atoms with E-state index in [2.05, 4.69) is 218 Å². The predicted molar refractivity (Wildman–Crippen MR) is 271 cm³/mol. The molecule has 0 N–H and O–H groups in total. The molecule has 3 aliphatic rings. The van der Waals surface area contributed by atoms with E-state index in [1.54, 1.807) is 11.3 Å². The maximum absolute atomic E-state index is 5.23. The van der Waals surface area contributed by atoms with E-state index in [1.807, 2.05) is 0 Å². The van der Waals surface area contributed by atoms with Crippen LogP contribution in [0.25, 0.3) is 65.3 Å². The fourth-order valence-electron chi connectivity index (χ4n) is 10.9. The van der Waals surface area contributed by atoms with Gasteiger partial charge >= 0.3 is 0 Å². The maximum atomic E-state index is 5.23. The molecular weight excluding hydrogens is 793 g/mol. The van der Waals surface area contributed by atoms with Gasteiger partial charge < -0.3 is 0 Å². The van der Waals surface area contributed by atoms with Crippen LogP contribution in [-0.4, -0.2) is 10.7 Å². The summed E-state index contributed by atoms with van der Waals surface area (Å²) >= 11 is 1.75. The number of benzene rings is 8. The second-order valence-corrected chi connectivity index (χ2v) is 21.3. The van der Waals surface area contributed by atoms with Gasteiger partial charge in [0.15, 0.2) is 0 Å². The number of hydrogen-bond donors (Lipinski definition) is 0. The Morgan fingerprint density at radius 3 is 1.70 bits per heavy atom. The molecule has 1 unspecified atom stereocenters. The number of para-hydroxylation sites is 2. The molecule has 8 aromatic carbocycles. The molecule has 2 nitrogen and oxygen atoms in total. The van der Waals surface area contributed by atoms with Crippen LogP contribution in [0.1, 0.15) is 98.9 Å². The smallest absolute Gasteiger partial charge is 0.124 e. The van der Waals surface area contributed by atoms with Crippen molar-refractivity contribution in [2.24, 2.45) is 4.99 Å². The summed E-state index contributed by atoms with van der Waals surface area (Å²) in [6.07, 6.45) is 0. The molecular formula is C61H50N2S. The summed E-state index contributed by atoms with van der Waals surface area (Å²) in [4.78, 5) is 10.4. The van der Waals surface area contributed by atoms with Gasteiger partial charge in [-0.2, -0.15) is 0 Å². The number of nitrogens with zero attached hydrogens (tertiary/aromatic N) is 2. The van der Waals surface area contributed by atoms with Crippen LogP contribution in [0.4, 0.5) is 5.69 Å². The third-order valence-corrected chi connectivity index (χ3v) is 15.4. The molecule has 0 radical (unpaired) electrons. The second-order valence-electron chi connectivity index (χ2n) is 20.2. The van der Waals surface area contributed by atoms with Crippen LogP contribution in [0.15, 0.2) is 175 Å². The van der Waals surface area contributed by atoms with Gasteiger partial charge in [-0.15, -0.1) is 11.3 Å². The molecule has 0 fully saturated rings. The quantitative estimate of drug-likeness (QED) is 0.173. The first-order valence-corrected chi connectivity index (χ1v) is 23.5. The number of thiazole rings is 1. The van der Waals surface area contributed by atoms with Crippen molar-refractivity contribution in [1.82, 2.24) is 4.98 Å². The Kier molecular flexibility index (Phi) is 8.47. The first kappa shape index (κ1) is 39.0. The summed E-state index contributed by atoms with van der Waals surface area (Å²) in [6, 6.07) is 64.2. The number of aromatic nitrogens is 1. The highest BCUT2D eigenvalue weighted by Crippen LogP contribution is 2.64. The number of hydrogen-bond acceptors (Lipinski definition) is 3. The first-order chi connectivity index (χ1) is 30.9. The van der Waals surface area contributed by atoms with Crippen LogP contribution in [0.5, 0.6) is 0 Å². The van der Waals surface area contributed by atoms with E-state index in [9.17, 15) is 0 Å². The van der Waals surface area contributed by atoms with Crippen molar-refractivity contribution in [3.63, 3.8) is 0 Å². The summed E-state index contributed by atoms with van der Waals surface area (Å²) in [5, 5.41) is 1.02. The van der Waals surface area contributed by atoms with Crippen molar-refractivity contribution in [3.05, 3.63) is 214 Å². The second kappa shape index (κ2) is 13.9. The molecule has 1 spiro atoms. The lowest BCUT2D eigenvalue weighted by Gasteiger charge is -2.33. The van der Waals surface area contributed by atoms with Crippen molar-refractivity contribution in [2.75, 3.05) is 0 Å². The highest BCUT2D eigenvalue weighted by molar-refractivity contribution is 7.21. The molecule has 64 heavy (non-hydrogen) atoms. The van der Waals surface area contributed by atoms with Crippen LogP contribution < -0.4 is 0 Å². The summed E-state index contributed by atoms with van der Waals surface area (Å²) in [6.45, 7) is 16.3. The number of rotatable bonds is 4. The standard InChI is InChI=1S/C61H50N2S/c1-36-45-17-9-11-20-54(45)62-57(36)41-30-40(31-42(32-41)58-63-55-21-12-13-22-56(55)64-58)38-16-14-15-37(29-38)39-23-26-47-46-18-8-10-19-50(46)61(51(47)33-39)52-34-43(59(2,3)4)24-27-48(52)49-28-25-44(35-53(49)61)60(5,6)7/h8-36H,1-7H3. The molecule has 2 aliphatic carbocycles. The Hall–Kier alpha value is -6.68. The van der Waals surface area contributed by atoms with Gasteiger partial charge in [0, 0.05) is 11.5 Å². The maximum Gasteiger partial charge on any atom is 0.124 e. The molecule has 0 bridgehead atoms. The van der Waals surface area contributed by atoms with Gasteiger partial charge in [-0.05, 0) is 148 Å². The van der Waals surface area contributed by atoms with Crippen molar-refractivity contribution in [3.8, 4) is 55.1 Å². The fourth-order valence-corrected chi connectivity index (χ4v) is 11.8. The Balaban J connectivity index is 1.04. The summed E-state index contributed by atoms with van der Waals surface area (Å²) < 4.78 is 1.19. The zero-order chi connectivity index (χ0) is 43.7.